The number of rotatable bonds is 10. The van der Waals surface area contributed by atoms with Crippen LogP contribution in [0.5, 0.6) is 11.5 Å². The maximum atomic E-state index is 12.1. The molecule has 2 N–H and O–H groups in total. The van der Waals surface area contributed by atoms with Gasteiger partial charge in [0, 0.05) is 43.0 Å². The molecule has 0 saturated carbocycles. The van der Waals surface area contributed by atoms with Gasteiger partial charge in [0.1, 0.15) is 23.7 Å². The number of ether oxygens (including phenoxy) is 2. The van der Waals surface area contributed by atoms with Gasteiger partial charge in [0.2, 0.25) is 5.91 Å². The first kappa shape index (κ1) is 22.4. The fraction of sp³-hybridized carbons (Fsp3) is 0.435. The summed E-state index contributed by atoms with van der Waals surface area (Å²) >= 11 is 0. The smallest absolute Gasteiger partial charge is 0.342 e. The highest BCUT2D eigenvalue weighted by Crippen LogP contribution is 2.42. The number of fused-ring (bicyclic) bond motifs is 1. The molecule has 0 radical (unpaired) electrons. The van der Waals surface area contributed by atoms with Gasteiger partial charge in [-0.1, -0.05) is 11.6 Å². The standard InChI is InChI=1S/C23H29N3O5/c1-15(6-8-19(27)25-9-4-11-26-12-10-24-14-26)5-7-17-21(28)20-18(13-31-23(20)29)16(2)22(17)30-3/h5,10,12,14,28H,4,6-9,11,13H2,1-3H3,(H,25,27)/b15-5+. The normalized spacial score (nSPS) is 13.1. The number of phenolic OH excluding ortho intramolecular Hbond substituents is 1. The van der Waals surface area contributed by atoms with E-state index >= 15 is 0 Å². The molecule has 0 saturated heterocycles. The van der Waals surface area contributed by atoms with E-state index in [1.165, 1.54) is 0 Å². The predicted molar refractivity (Wildman–Crippen MR) is 115 cm³/mol. The van der Waals surface area contributed by atoms with Gasteiger partial charge in [-0.25, -0.2) is 9.78 Å². The van der Waals surface area contributed by atoms with E-state index in [0.717, 1.165) is 24.1 Å². The summed E-state index contributed by atoms with van der Waals surface area (Å²) < 4.78 is 12.6. The average molecular weight is 428 g/mol. The highest BCUT2D eigenvalue weighted by atomic mass is 16.5. The Bertz CT molecular complexity index is 980. The molecular weight excluding hydrogens is 398 g/mol. The summed E-state index contributed by atoms with van der Waals surface area (Å²) in [7, 11) is 1.54. The van der Waals surface area contributed by atoms with Gasteiger partial charge in [-0.2, -0.15) is 0 Å². The number of methoxy groups -OCH3 is 1. The van der Waals surface area contributed by atoms with Crippen LogP contribution in [0.1, 0.15) is 53.2 Å². The van der Waals surface area contributed by atoms with Gasteiger partial charge in [0.05, 0.1) is 13.4 Å². The van der Waals surface area contributed by atoms with Crippen LogP contribution in [0.3, 0.4) is 0 Å². The SMILES string of the molecule is COc1c(C)c2c(c(O)c1C/C=C(\C)CCC(=O)NCCCn1ccnc1)C(=O)OC2. The topological polar surface area (TPSA) is 103 Å². The number of aromatic nitrogens is 2. The Kier molecular flexibility index (Phi) is 7.33. The maximum absolute atomic E-state index is 12.1. The molecule has 1 aliphatic heterocycles. The average Bonchev–Trinajstić information content (AvgIpc) is 3.41. The molecule has 2 aromatic rings. The van der Waals surface area contributed by atoms with E-state index in [0.29, 0.717) is 42.7 Å². The molecule has 1 aliphatic rings. The summed E-state index contributed by atoms with van der Waals surface area (Å²) in [5, 5.41) is 13.6. The number of aryl methyl sites for hydroxylation is 1. The summed E-state index contributed by atoms with van der Waals surface area (Å²) in [5.41, 5.74) is 3.29. The lowest BCUT2D eigenvalue weighted by Gasteiger charge is -2.15. The molecule has 31 heavy (non-hydrogen) atoms. The van der Waals surface area contributed by atoms with Gasteiger partial charge in [-0.15, -0.1) is 0 Å². The molecule has 2 heterocycles. The summed E-state index contributed by atoms with van der Waals surface area (Å²) in [6, 6.07) is 0. The fourth-order valence-corrected chi connectivity index (χ4v) is 3.71. The lowest BCUT2D eigenvalue weighted by molar-refractivity contribution is -0.121. The number of imidazole rings is 1. The number of amides is 1. The second kappa shape index (κ2) is 10.1. The van der Waals surface area contributed by atoms with Crippen LogP contribution < -0.4 is 10.1 Å². The Balaban J connectivity index is 1.53. The lowest BCUT2D eigenvalue weighted by Crippen LogP contribution is -2.24. The molecule has 166 valence electrons. The van der Waals surface area contributed by atoms with Crippen LogP contribution in [0, 0.1) is 6.92 Å². The van der Waals surface area contributed by atoms with Gasteiger partial charge in [-0.3, -0.25) is 4.79 Å². The van der Waals surface area contributed by atoms with Gasteiger partial charge in [0.15, 0.2) is 0 Å². The minimum Gasteiger partial charge on any atom is -0.507 e. The van der Waals surface area contributed by atoms with Gasteiger partial charge in [0.25, 0.3) is 0 Å². The van der Waals surface area contributed by atoms with E-state index < -0.39 is 5.97 Å². The maximum Gasteiger partial charge on any atom is 0.342 e. The summed E-state index contributed by atoms with van der Waals surface area (Å²) in [4.78, 5) is 28.1. The Morgan fingerprint density at radius 1 is 1.42 bits per heavy atom. The summed E-state index contributed by atoms with van der Waals surface area (Å²) in [6.45, 7) is 5.39. The van der Waals surface area contributed by atoms with Gasteiger partial charge < -0.3 is 24.5 Å². The fourth-order valence-electron chi connectivity index (χ4n) is 3.71. The summed E-state index contributed by atoms with van der Waals surface area (Å²) in [5.74, 6) is -0.0197. The molecule has 3 rings (SSSR count). The first-order valence-electron chi connectivity index (χ1n) is 10.4. The predicted octanol–water partition coefficient (Wildman–Crippen LogP) is 3.05. The van der Waals surface area contributed by atoms with Crippen LogP contribution in [0.15, 0.2) is 30.4 Å². The lowest BCUT2D eigenvalue weighted by atomic mass is 9.94. The number of esters is 1. The van der Waals surface area contributed by atoms with Gasteiger partial charge in [-0.05, 0) is 38.7 Å². The van der Waals surface area contributed by atoms with E-state index in [1.54, 1.807) is 19.6 Å². The van der Waals surface area contributed by atoms with Crippen molar-refractivity contribution in [1.82, 2.24) is 14.9 Å². The number of hydrogen-bond acceptors (Lipinski definition) is 6. The number of benzene rings is 1. The zero-order valence-corrected chi connectivity index (χ0v) is 18.2. The number of cyclic esters (lactones) is 1. The van der Waals surface area contributed by atoms with E-state index in [9.17, 15) is 14.7 Å². The van der Waals surface area contributed by atoms with Crippen molar-refractivity contribution in [2.75, 3.05) is 13.7 Å². The molecule has 1 amide bonds. The number of carbonyl (C=O) groups excluding carboxylic acids is 2. The number of carbonyl (C=O) groups is 2. The third kappa shape index (κ3) is 5.25. The Hall–Kier alpha value is -3.29. The number of aromatic hydroxyl groups is 1. The number of nitrogens with one attached hydrogen (secondary N) is 1. The van der Waals surface area contributed by atoms with Crippen LogP contribution in [0.2, 0.25) is 0 Å². The minimum absolute atomic E-state index is 0.00919. The van der Waals surface area contributed by atoms with Crippen molar-refractivity contribution in [3.05, 3.63) is 52.6 Å². The Labute approximate surface area is 181 Å². The molecular formula is C23H29N3O5. The van der Waals surface area contributed by atoms with Crippen molar-refractivity contribution in [1.29, 1.82) is 0 Å². The molecule has 1 aromatic heterocycles. The number of phenols is 1. The molecule has 0 fully saturated rings. The molecule has 0 unspecified atom stereocenters. The van der Waals surface area contributed by atoms with Crippen molar-refractivity contribution in [2.24, 2.45) is 0 Å². The highest BCUT2D eigenvalue weighted by molar-refractivity contribution is 5.98. The number of hydrogen-bond donors (Lipinski definition) is 2. The molecule has 0 bridgehead atoms. The van der Waals surface area contributed by atoms with Crippen LogP contribution in [0.4, 0.5) is 0 Å². The van der Waals surface area contributed by atoms with Crippen molar-refractivity contribution in [2.45, 2.75) is 52.7 Å². The largest absolute Gasteiger partial charge is 0.507 e. The third-order valence-electron chi connectivity index (χ3n) is 5.52. The second-order valence-corrected chi connectivity index (χ2v) is 7.67. The van der Waals surface area contributed by atoms with E-state index in [-0.39, 0.29) is 23.8 Å². The zero-order chi connectivity index (χ0) is 22.4. The molecule has 1 aromatic carbocycles. The Morgan fingerprint density at radius 3 is 2.94 bits per heavy atom. The van der Waals surface area contributed by atoms with Crippen molar-refractivity contribution in [3.63, 3.8) is 0 Å². The first-order valence-corrected chi connectivity index (χ1v) is 10.4. The van der Waals surface area contributed by atoms with Crippen molar-refractivity contribution in [3.8, 4) is 11.5 Å². The van der Waals surface area contributed by atoms with Crippen LogP contribution >= 0.6 is 0 Å². The van der Waals surface area contributed by atoms with Crippen molar-refractivity contribution >= 4 is 11.9 Å². The van der Waals surface area contributed by atoms with Crippen molar-refractivity contribution < 1.29 is 24.2 Å². The van der Waals surface area contributed by atoms with E-state index in [4.69, 9.17) is 9.47 Å². The van der Waals surface area contributed by atoms with E-state index in [1.807, 2.05) is 30.7 Å². The highest BCUT2D eigenvalue weighted by Gasteiger charge is 2.31. The zero-order valence-electron chi connectivity index (χ0n) is 18.2. The van der Waals surface area contributed by atoms with E-state index in [2.05, 4.69) is 10.3 Å². The van der Waals surface area contributed by atoms with Crippen LogP contribution in [-0.2, 0) is 29.1 Å². The molecule has 0 spiro atoms. The monoisotopic (exact) mass is 427 g/mol. The quantitative estimate of drug-likeness (QED) is 0.343. The first-order chi connectivity index (χ1) is 14.9. The molecule has 8 nitrogen and oxygen atoms in total. The molecule has 8 heteroatoms. The number of nitrogens with zero attached hydrogens (tertiary/aromatic N) is 2. The Morgan fingerprint density at radius 2 is 2.23 bits per heavy atom. The van der Waals surface area contributed by atoms with Crippen LogP contribution in [-0.4, -0.2) is 40.2 Å². The summed E-state index contributed by atoms with van der Waals surface area (Å²) in [6.07, 6.45) is 9.59. The second-order valence-electron chi connectivity index (χ2n) is 7.67. The van der Waals surface area contributed by atoms with Crippen LogP contribution in [0.25, 0.3) is 0 Å². The molecule has 0 atom stereocenters. The third-order valence-corrected chi connectivity index (χ3v) is 5.52. The number of allylic oxidation sites excluding steroid dienone is 2. The molecule has 0 aliphatic carbocycles. The van der Waals surface area contributed by atoms with Gasteiger partial charge >= 0.3 is 5.97 Å². The minimum atomic E-state index is -0.509.